The zero-order valence-electron chi connectivity index (χ0n) is 8.80. The van der Waals surface area contributed by atoms with Gasteiger partial charge in [-0.2, -0.15) is 5.26 Å². The zero-order chi connectivity index (χ0) is 12.1. The third-order valence-corrected chi connectivity index (χ3v) is 2.38. The summed E-state index contributed by atoms with van der Waals surface area (Å²) in [5, 5.41) is 9.32. The fourth-order valence-electron chi connectivity index (χ4n) is 1.28. The van der Waals surface area contributed by atoms with Crippen LogP contribution in [0.2, 0.25) is 5.02 Å². The van der Waals surface area contributed by atoms with E-state index in [0.717, 1.165) is 0 Å². The van der Waals surface area contributed by atoms with Gasteiger partial charge in [-0.25, -0.2) is 9.97 Å². The molecule has 0 unspecified atom stereocenters. The Morgan fingerprint density at radius 1 is 1.24 bits per heavy atom. The molecule has 0 bridgehead atoms. The molecule has 2 rings (SSSR count). The number of hydrogen-bond acceptors (Lipinski definition) is 4. The lowest BCUT2D eigenvalue weighted by atomic mass is 10.2. The number of benzene rings is 1. The van der Waals surface area contributed by atoms with Crippen LogP contribution in [0.1, 0.15) is 11.4 Å². The van der Waals surface area contributed by atoms with Crippen molar-refractivity contribution in [1.29, 1.82) is 5.26 Å². The van der Waals surface area contributed by atoms with E-state index in [1.165, 1.54) is 0 Å². The molecule has 84 valence electrons. The second-order valence-electron chi connectivity index (χ2n) is 3.18. The lowest BCUT2D eigenvalue weighted by molar-refractivity contribution is 0.295. The summed E-state index contributed by atoms with van der Waals surface area (Å²) in [7, 11) is 0. The van der Waals surface area contributed by atoms with Crippen LogP contribution in [-0.2, 0) is 6.61 Å². The summed E-state index contributed by atoms with van der Waals surface area (Å²) in [6.45, 7) is 0.204. The van der Waals surface area contributed by atoms with Crippen LogP contribution < -0.4 is 4.74 Å². The predicted molar refractivity (Wildman–Crippen MR) is 62.5 cm³/mol. The average Bonchev–Trinajstić information content (AvgIpc) is 2.37. The predicted octanol–water partition coefficient (Wildman–Crippen LogP) is 2.58. The fraction of sp³-hybridized carbons (Fsp3) is 0.0833. The maximum absolute atomic E-state index is 8.95. The van der Waals surface area contributed by atoms with Crippen molar-refractivity contribution in [2.24, 2.45) is 0 Å². The molecule has 0 aliphatic carbocycles. The van der Waals surface area contributed by atoms with Crippen LogP contribution in [0.4, 0.5) is 0 Å². The highest BCUT2D eigenvalue weighted by Crippen LogP contribution is 2.25. The number of nitriles is 1. The fourth-order valence-corrected chi connectivity index (χ4v) is 1.49. The average molecular weight is 246 g/mol. The SMILES string of the molecule is N#Cc1c(Cl)cccc1OCc1ncccn1. The molecule has 0 spiro atoms. The van der Waals surface area contributed by atoms with Crippen molar-refractivity contribution < 1.29 is 4.74 Å². The number of ether oxygens (including phenoxy) is 1. The molecule has 1 heterocycles. The van der Waals surface area contributed by atoms with Crippen LogP contribution in [0.3, 0.4) is 0 Å². The molecule has 0 fully saturated rings. The van der Waals surface area contributed by atoms with E-state index < -0.39 is 0 Å². The van der Waals surface area contributed by atoms with Gasteiger partial charge in [0.1, 0.15) is 24.0 Å². The highest BCUT2D eigenvalue weighted by atomic mass is 35.5. The molecule has 0 N–H and O–H groups in total. The number of rotatable bonds is 3. The van der Waals surface area contributed by atoms with Crippen LogP contribution in [0.15, 0.2) is 36.7 Å². The van der Waals surface area contributed by atoms with Crippen molar-refractivity contribution in [3.05, 3.63) is 53.1 Å². The maximum atomic E-state index is 8.95. The van der Waals surface area contributed by atoms with Gasteiger partial charge in [0, 0.05) is 12.4 Å². The van der Waals surface area contributed by atoms with Gasteiger partial charge in [-0.1, -0.05) is 17.7 Å². The smallest absolute Gasteiger partial charge is 0.166 e. The van der Waals surface area contributed by atoms with Gasteiger partial charge in [0.15, 0.2) is 5.82 Å². The third kappa shape index (κ3) is 2.71. The van der Waals surface area contributed by atoms with Crippen molar-refractivity contribution in [3.8, 4) is 11.8 Å². The van der Waals surface area contributed by atoms with Crippen LogP contribution in [0, 0.1) is 11.3 Å². The van der Waals surface area contributed by atoms with Crippen molar-refractivity contribution in [2.45, 2.75) is 6.61 Å². The van der Waals surface area contributed by atoms with Gasteiger partial charge in [0.05, 0.1) is 5.02 Å². The van der Waals surface area contributed by atoms with E-state index in [2.05, 4.69) is 9.97 Å². The molecule has 0 aliphatic heterocycles. The summed E-state index contributed by atoms with van der Waals surface area (Å²) in [5.74, 6) is 0.990. The van der Waals surface area contributed by atoms with Crippen molar-refractivity contribution >= 4 is 11.6 Å². The quantitative estimate of drug-likeness (QED) is 0.834. The molecule has 1 aromatic heterocycles. The van der Waals surface area contributed by atoms with Crippen molar-refractivity contribution in [2.75, 3.05) is 0 Å². The molecule has 17 heavy (non-hydrogen) atoms. The van der Waals surface area contributed by atoms with Crippen LogP contribution in [0.25, 0.3) is 0 Å². The Labute approximate surface area is 103 Å². The Bertz CT molecular complexity index is 551. The van der Waals surface area contributed by atoms with Gasteiger partial charge < -0.3 is 4.74 Å². The first-order valence-electron chi connectivity index (χ1n) is 4.88. The summed E-state index contributed by atoms with van der Waals surface area (Å²) in [5.41, 5.74) is 0.324. The van der Waals surface area contributed by atoms with E-state index in [-0.39, 0.29) is 6.61 Å². The summed E-state index contributed by atoms with van der Waals surface area (Å²) >= 11 is 5.88. The highest BCUT2D eigenvalue weighted by molar-refractivity contribution is 6.31. The molecule has 0 saturated carbocycles. The first-order chi connectivity index (χ1) is 8.31. The molecular formula is C12H8ClN3O. The molecule has 0 atom stereocenters. The van der Waals surface area contributed by atoms with E-state index in [9.17, 15) is 0 Å². The normalized spacial score (nSPS) is 9.65. The lowest BCUT2D eigenvalue weighted by Gasteiger charge is -2.07. The van der Waals surface area contributed by atoms with Gasteiger partial charge in [0.2, 0.25) is 0 Å². The van der Waals surface area contributed by atoms with Gasteiger partial charge >= 0.3 is 0 Å². The Balaban J connectivity index is 2.15. The molecule has 0 radical (unpaired) electrons. The molecule has 0 amide bonds. The van der Waals surface area contributed by atoms with E-state index in [1.807, 2.05) is 6.07 Å². The van der Waals surface area contributed by atoms with Gasteiger partial charge in [0.25, 0.3) is 0 Å². The second kappa shape index (κ2) is 5.28. The topological polar surface area (TPSA) is 58.8 Å². The summed E-state index contributed by atoms with van der Waals surface area (Å²) in [4.78, 5) is 8.04. The van der Waals surface area contributed by atoms with E-state index in [4.69, 9.17) is 21.6 Å². The first kappa shape index (κ1) is 11.4. The van der Waals surface area contributed by atoms with E-state index in [0.29, 0.717) is 22.2 Å². The monoisotopic (exact) mass is 245 g/mol. The Hall–Kier alpha value is -2.12. The minimum atomic E-state index is 0.204. The molecule has 5 heteroatoms. The highest BCUT2D eigenvalue weighted by Gasteiger charge is 2.07. The number of halogens is 1. The van der Waals surface area contributed by atoms with Crippen LogP contribution in [-0.4, -0.2) is 9.97 Å². The zero-order valence-corrected chi connectivity index (χ0v) is 9.55. The molecule has 1 aromatic carbocycles. The molecule has 0 saturated heterocycles. The van der Waals surface area contributed by atoms with Crippen molar-refractivity contribution in [3.63, 3.8) is 0 Å². The Morgan fingerprint density at radius 2 is 2.00 bits per heavy atom. The standard InChI is InChI=1S/C12H8ClN3O/c13-10-3-1-4-11(9(10)7-14)17-8-12-15-5-2-6-16-12/h1-6H,8H2. The van der Waals surface area contributed by atoms with E-state index in [1.54, 1.807) is 36.7 Å². The largest absolute Gasteiger partial charge is 0.484 e. The van der Waals surface area contributed by atoms with Gasteiger partial charge in [-0.15, -0.1) is 0 Å². The lowest BCUT2D eigenvalue weighted by Crippen LogP contribution is -2.01. The number of aromatic nitrogens is 2. The Morgan fingerprint density at radius 3 is 2.71 bits per heavy atom. The maximum Gasteiger partial charge on any atom is 0.166 e. The molecular weight excluding hydrogens is 238 g/mol. The molecule has 0 aliphatic rings. The second-order valence-corrected chi connectivity index (χ2v) is 3.59. The number of hydrogen-bond donors (Lipinski definition) is 0. The van der Waals surface area contributed by atoms with Crippen LogP contribution in [0.5, 0.6) is 5.75 Å². The van der Waals surface area contributed by atoms with Gasteiger partial charge in [-0.05, 0) is 18.2 Å². The third-order valence-electron chi connectivity index (χ3n) is 2.06. The minimum Gasteiger partial charge on any atom is -0.484 e. The summed E-state index contributed by atoms with van der Waals surface area (Å²) in [6, 6.07) is 8.79. The first-order valence-corrected chi connectivity index (χ1v) is 5.26. The number of nitrogens with zero attached hydrogens (tertiary/aromatic N) is 3. The van der Waals surface area contributed by atoms with E-state index >= 15 is 0 Å². The Kier molecular flexibility index (Phi) is 3.53. The molecule has 4 nitrogen and oxygen atoms in total. The summed E-state index contributed by atoms with van der Waals surface area (Å²) in [6.07, 6.45) is 3.27. The summed E-state index contributed by atoms with van der Waals surface area (Å²) < 4.78 is 5.46. The molecule has 2 aromatic rings. The van der Waals surface area contributed by atoms with Gasteiger partial charge in [-0.3, -0.25) is 0 Å². The van der Waals surface area contributed by atoms with Crippen LogP contribution >= 0.6 is 11.6 Å². The van der Waals surface area contributed by atoms with Crippen molar-refractivity contribution in [1.82, 2.24) is 9.97 Å². The minimum absolute atomic E-state index is 0.204.